The van der Waals surface area contributed by atoms with Gasteiger partial charge in [0.1, 0.15) is 0 Å². The molecule has 0 unspecified atom stereocenters. The number of rotatable bonds is 7. The fourth-order valence-corrected chi connectivity index (χ4v) is 8.92. The molecular formula is C56H38N2. The fraction of sp³-hybridized carbons (Fsp3) is 0. The van der Waals surface area contributed by atoms with Crippen molar-refractivity contribution in [2.24, 2.45) is 0 Å². The highest BCUT2D eigenvalue weighted by molar-refractivity contribution is 6.15. The topological polar surface area (TPSA) is 8.17 Å². The van der Waals surface area contributed by atoms with Crippen LogP contribution >= 0.6 is 0 Å². The van der Waals surface area contributed by atoms with Crippen molar-refractivity contribution in [1.82, 2.24) is 4.57 Å². The Morgan fingerprint density at radius 3 is 1.64 bits per heavy atom. The first-order valence-electron chi connectivity index (χ1n) is 19.9. The van der Waals surface area contributed by atoms with Crippen LogP contribution < -0.4 is 4.90 Å². The van der Waals surface area contributed by atoms with E-state index < -0.39 is 0 Å². The summed E-state index contributed by atoms with van der Waals surface area (Å²) in [4.78, 5) is 2.44. The number of fused-ring (bicyclic) bond motifs is 6. The van der Waals surface area contributed by atoms with Gasteiger partial charge in [-0.25, -0.2) is 0 Å². The summed E-state index contributed by atoms with van der Waals surface area (Å²) in [5.74, 6) is 0. The maximum atomic E-state index is 2.45. The molecule has 0 amide bonds. The zero-order valence-corrected chi connectivity index (χ0v) is 31.8. The molecular weight excluding hydrogens is 701 g/mol. The first kappa shape index (κ1) is 33.6. The molecule has 58 heavy (non-hydrogen) atoms. The minimum absolute atomic E-state index is 1.08. The van der Waals surface area contributed by atoms with Crippen molar-refractivity contribution in [1.29, 1.82) is 0 Å². The van der Waals surface area contributed by atoms with E-state index in [0.29, 0.717) is 0 Å². The molecule has 0 saturated heterocycles. The number of para-hydroxylation sites is 3. The van der Waals surface area contributed by atoms with Crippen LogP contribution in [0.2, 0.25) is 0 Å². The quantitative estimate of drug-likeness (QED) is 0.148. The Morgan fingerprint density at radius 2 is 0.845 bits per heavy atom. The van der Waals surface area contributed by atoms with E-state index >= 15 is 0 Å². The van der Waals surface area contributed by atoms with Crippen LogP contribution in [-0.4, -0.2) is 4.57 Å². The predicted octanol–water partition coefficient (Wildman–Crippen LogP) is 15.6. The molecule has 0 atom stereocenters. The van der Waals surface area contributed by atoms with E-state index in [1.165, 1.54) is 71.2 Å². The second kappa shape index (κ2) is 14.1. The molecule has 0 saturated carbocycles. The van der Waals surface area contributed by atoms with Crippen molar-refractivity contribution in [3.8, 4) is 39.1 Å². The van der Waals surface area contributed by atoms with Crippen LogP contribution in [0.4, 0.5) is 17.1 Å². The van der Waals surface area contributed by atoms with Crippen LogP contribution in [0.3, 0.4) is 0 Å². The van der Waals surface area contributed by atoms with Crippen LogP contribution in [-0.2, 0) is 0 Å². The molecule has 0 spiro atoms. The number of hydrogen-bond acceptors (Lipinski definition) is 1. The van der Waals surface area contributed by atoms with Crippen LogP contribution in [0, 0.1) is 0 Å². The minimum atomic E-state index is 1.08. The summed E-state index contributed by atoms with van der Waals surface area (Å²) in [5.41, 5.74) is 13.9. The van der Waals surface area contributed by atoms with Crippen molar-refractivity contribution in [3.05, 3.63) is 231 Å². The second-order valence-electron chi connectivity index (χ2n) is 14.9. The Kier molecular flexibility index (Phi) is 8.19. The molecule has 0 radical (unpaired) electrons. The lowest BCUT2D eigenvalue weighted by Gasteiger charge is -2.29. The maximum Gasteiger partial charge on any atom is 0.0562 e. The van der Waals surface area contributed by atoms with Gasteiger partial charge in [-0.05, 0) is 92.3 Å². The van der Waals surface area contributed by atoms with Crippen LogP contribution in [0.15, 0.2) is 231 Å². The second-order valence-corrected chi connectivity index (χ2v) is 14.9. The minimum Gasteiger partial charge on any atom is -0.310 e. The van der Waals surface area contributed by atoms with Gasteiger partial charge >= 0.3 is 0 Å². The van der Waals surface area contributed by atoms with E-state index in [4.69, 9.17) is 0 Å². The van der Waals surface area contributed by atoms with Gasteiger partial charge in [0, 0.05) is 33.3 Å². The van der Waals surface area contributed by atoms with Gasteiger partial charge < -0.3 is 9.47 Å². The molecule has 10 aromatic carbocycles. The average Bonchev–Trinajstić information content (AvgIpc) is 3.63. The largest absolute Gasteiger partial charge is 0.310 e. The zero-order chi connectivity index (χ0) is 38.4. The molecule has 2 heteroatoms. The predicted molar refractivity (Wildman–Crippen MR) is 247 cm³/mol. The molecule has 11 rings (SSSR count). The summed E-state index contributed by atoms with van der Waals surface area (Å²) in [6.45, 7) is 0. The van der Waals surface area contributed by atoms with Crippen molar-refractivity contribution < 1.29 is 0 Å². The molecule has 1 aromatic heterocycles. The van der Waals surface area contributed by atoms with E-state index in [1.807, 2.05) is 0 Å². The lowest BCUT2D eigenvalue weighted by atomic mass is 9.92. The van der Waals surface area contributed by atoms with Gasteiger partial charge in [0.05, 0.1) is 22.4 Å². The third kappa shape index (κ3) is 5.66. The van der Waals surface area contributed by atoms with Gasteiger partial charge in [-0.15, -0.1) is 0 Å². The number of aromatic nitrogens is 1. The first-order chi connectivity index (χ1) is 28.8. The molecule has 272 valence electrons. The summed E-state index contributed by atoms with van der Waals surface area (Å²) in [7, 11) is 0. The van der Waals surface area contributed by atoms with E-state index in [2.05, 4.69) is 240 Å². The highest BCUT2D eigenvalue weighted by Crippen LogP contribution is 2.46. The van der Waals surface area contributed by atoms with E-state index in [-0.39, 0.29) is 0 Å². The van der Waals surface area contributed by atoms with E-state index in [1.54, 1.807) is 0 Å². The van der Waals surface area contributed by atoms with Crippen molar-refractivity contribution in [3.63, 3.8) is 0 Å². The molecule has 2 nitrogen and oxygen atoms in total. The van der Waals surface area contributed by atoms with Crippen molar-refractivity contribution in [2.75, 3.05) is 4.90 Å². The standard InChI is InChI=1S/C56H38N2/c1-3-17-39(18-4-1)40-31-33-43(34-32-40)57(54-29-15-13-27-50(54)52-37-42-21-7-8-22-45(42)47-24-9-10-25-48(47)52)44-35-36-51-49-26-12-16-30-55(49)58(56(51)38-44)53-28-14-11-23-46(53)41-19-5-2-6-20-41/h1-38H. The van der Waals surface area contributed by atoms with Gasteiger partial charge in [0.15, 0.2) is 0 Å². The van der Waals surface area contributed by atoms with Crippen LogP contribution in [0.5, 0.6) is 0 Å². The molecule has 11 aromatic rings. The lowest BCUT2D eigenvalue weighted by molar-refractivity contribution is 1.18. The van der Waals surface area contributed by atoms with E-state index in [9.17, 15) is 0 Å². The third-order valence-corrected chi connectivity index (χ3v) is 11.6. The monoisotopic (exact) mass is 738 g/mol. The highest BCUT2D eigenvalue weighted by atomic mass is 15.1. The summed E-state index contributed by atoms with van der Waals surface area (Å²) in [5, 5.41) is 7.44. The Hall–Kier alpha value is -7.68. The summed E-state index contributed by atoms with van der Waals surface area (Å²) in [6.07, 6.45) is 0. The Labute approximate surface area is 338 Å². The molecule has 0 aliphatic rings. The fourth-order valence-electron chi connectivity index (χ4n) is 8.92. The summed E-state index contributed by atoms with van der Waals surface area (Å²) >= 11 is 0. The van der Waals surface area contributed by atoms with Gasteiger partial charge in [-0.3, -0.25) is 0 Å². The summed E-state index contributed by atoms with van der Waals surface area (Å²) in [6, 6.07) is 83.7. The number of anilines is 3. The van der Waals surface area contributed by atoms with Gasteiger partial charge in [0.2, 0.25) is 0 Å². The number of benzene rings is 10. The van der Waals surface area contributed by atoms with Gasteiger partial charge in [0.25, 0.3) is 0 Å². The smallest absolute Gasteiger partial charge is 0.0562 e. The molecule has 0 N–H and O–H groups in total. The Bertz CT molecular complexity index is 3270. The first-order valence-corrected chi connectivity index (χ1v) is 19.9. The summed E-state index contributed by atoms with van der Waals surface area (Å²) < 4.78 is 2.45. The Morgan fingerprint density at radius 1 is 0.293 bits per heavy atom. The van der Waals surface area contributed by atoms with Crippen LogP contribution in [0.1, 0.15) is 0 Å². The number of nitrogens with zero attached hydrogens (tertiary/aromatic N) is 2. The maximum absolute atomic E-state index is 2.45. The Balaban J connectivity index is 1.18. The normalized spacial score (nSPS) is 11.4. The van der Waals surface area contributed by atoms with Gasteiger partial charge in [-0.1, -0.05) is 182 Å². The molecule has 1 heterocycles. The average molecular weight is 739 g/mol. The van der Waals surface area contributed by atoms with Gasteiger partial charge in [-0.2, -0.15) is 0 Å². The van der Waals surface area contributed by atoms with Crippen LogP contribution in [0.25, 0.3) is 82.4 Å². The lowest BCUT2D eigenvalue weighted by Crippen LogP contribution is -2.11. The van der Waals surface area contributed by atoms with Crippen molar-refractivity contribution >= 4 is 60.4 Å². The SMILES string of the molecule is c1ccc(-c2ccc(N(c3ccc4c5ccccc5n(-c5ccccc5-c5ccccc5)c4c3)c3ccccc3-c3cc4ccccc4c4ccccc34)cc2)cc1. The third-order valence-electron chi connectivity index (χ3n) is 11.6. The van der Waals surface area contributed by atoms with Crippen molar-refractivity contribution in [2.45, 2.75) is 0 Å². The zero-order valence-electron chi connectivity index (χ0n) is 31.8. The number of hydrogen-bond donors (Lipinski definition) is 0. The molecule has 0 aliphatic carbocycles. The van der Waals surface area contributed by atoms with E-state index in [0.717, 1.165) is 28.3 Å². The molecule has 0 fully saturated rings. The molecule has 0 aliphatic heterocycles. The highest BCUT2D eigenvalue weighted by Gasteiger charge is 2.22. The molecule has 0 bridgehead atoms.